The number of rotatable bonds is 5. The Bertz CT molecular complexity index is 3430. The van der Waals surface area contributed by atoms with Crippen molar-refractivity contribution in [2.24, 2.45) is 0 Å². The SMILES string of the molecule is c1ccc(-c2ccc3c4ccccc4n(-c4nc(-c5ccccc5-n5c6ccccc6c6ccccc65)nc(-n5c6ccccc6c6ccccc65)n4)c3c2)cc1. The molecule has 4 aromatic heterocycles. The van der Waals surface area contributed by atoms with Crippen molar-refractivity contribution in [2.45, 2.75) is 0 Å². The fourth-order valence-corrected chi connectivity index (χ4v) is 8.85. The van der Waals surface area contributed by atoms with Crippen LogP contribution in [0.15, 0.2) is 194 Å². The van der Waals surface area contributed by atoms with Crippen molar-refractivity contribution in [3.8, 4) is 40.1 Å². The average molecular weight is 729 g/mol. The fraction of sp³-hybridized carbons (Fsp3) is 0. The molecule has 0 aliphatic carbocycles. The topological polar surface area (TPSA) is 53.5 Å². The Morgan fingerprint density at radius 1 is 0.281 bits per heavy atom. The first-order valence-corrected chi connectivity index (χ1v) is 19.2. The Morgan fingerprint density at radius 3 is 1.21 bits per heavy atom. The van der Waals surface area contributed by atoms with Crippen LogP contribution < -0.4 is 0 Å². The maximum absolute atomic E-state index is 5.46. The van der Waals surface area contributed by atoms with Gasteiger partial charge in [0.2, 0.25) is 11.9 Å². The highest BCUT2D eigenvalue weighted by Crippen LogP contribution is 2.38. The van der Waals surface area contributed by atoms with E-state index in [4.69, 9.17) is 15.0 Å². The molecule has 57 heavy (non-hydrogen) atoms. The van der Waals surface area contributed by atoms with Crippen LogP contribution in [-0.2, 0) is 0 Å². The van der Waals surface area contributed by atoms with Crippen molar-refractivity contribution in [3.05, 3.63) is 194 Å². The highest BCUT2D eigenvalue weighted by Gasteiger charge is 2.23. The zero-order chi connectivity index (χ0) is 37.5. The molecule has 6 heteroatoms. The number of hydrogen-bond acceptors (Lipinski definition) is 3. The highest BCUT2D eigenvalue weighted by molar-refractivity contribution is 6.12. The lowest BCUT2D eigenvalue weighted by molar-refractivity contribution is 0.892. The molecule has 12 aromatic rings. The minimum Gasteiger partial charge on any atom is -0.309 e. The van der Waals surface area contributed by atoms with E-state index in [-0.39, 0.29) is 0 Å². The summed E-state index contributed by atoms with van der Waals surface area (Å²) >= 11 is 0. The van der Waals surface area contributed by atoms with E-state index < -0.39 is 0 Å². The van der Waals surface area contributed by atoms with Gasteiger partial charge in [0.15, 0.2) is 5.82 Å². The lowest BCUT2D eigenvalue weighted by Gasteiger charge is -2.16. The summed E-state index contributed by atoms with van der Waals surface area (Å²) in [6.07, 6.45) is 0. The molecule has 12 rings (SSSR count). The molecule has 0 saturated carbocycles. The molecule has 6 nitrogen and oxygen atoms in total. The summed E-state index contributed by atoms with van der Waals surface area (Å²) in [6, 6.07) is 68.4. The van der Waals surface area contributed by atoms with E-state index in [1.807, 2.05) is 0 Å². The second-order valence-corrected chi connectivity index (χ2v) is 14.5. The van der Waals surface area contributed by atoms with E-state index in [2.05, 4.69) is 208 Å². The number of aromatic nitrogens is 6. The maximum Gasteiger partial charge on any atom is 0.240 e. The predicted octanol–water partition coefficient (Wildman–Crippen LogP) is 12.5. The minimum absolute atomic E-state index is 0.547. The van der Waals surface area contributed by atoms with Crippen molar-refractivity contribution in [2.75, 3.05) is 0 Å². The maximum atomic E-state index is 5.46. The molecule has 0 radical (unpaired) electrons. The summed E-state index contributed by atoms with van der Waals surface area (Å²) in [5.74, 6) is 1.68. The minimum atomic E-state index is 0.547. The van der Waals surface area contributed by atoms with Crippen LogP contribution in [-0.4, -0.2) is 28.7 Å². The van der Waals surface area contributed by atoms with Gasteiger partial charge in [0.1, 0.15) is 0 Å². The van der Waals surface area contributed by atoms with Crippen LogP contribution in [0.4, 0.5) is 0 Å². The van der Waals surface area contributed by atoms with Gasteiger partial charge in [-0.3, -0.25) is 9.13 Å². The lowest BCUT2D eigenvalue weighted by Crippen LogP contribution is -2.11. The Hall–Kier alpha value is -7.83. The second-order valence-electron chi connectivity index (χ2n) is 14.5. The normalized spacial score (nSPS) is 11.9. The average Bonchev–Trinajstić information content (AvgIpc) is 3.92. The summed E-state index contributed by atoms with van der Waals surface area (Å²) < 4.78 is 6.74. The van der Waals surface area contributed by atoms with Crippen LogP contribution in [0.2, 0.25) is 0 Å². The van der Waals surface area contributed by atoms with Gasteiger partial charge in [0.05, 0.1) is 38.8 Å². The van der Waals surface area contributed by atoms with E-state index in [9.17, 15) is 0 Å². The van der Waals surface area contributed by atoms with Gasteiger partial charge in [-0.05, 0) is 59.7 Å². The van der Waals surface area contributed by atoms with E-state index >= 15 is 0 Å². The smallest absolute Gasteiger partial charge is 0.240 e. The molecule has 0 saturated heterocycles. The van der Waals surface area contributed by atoms with Crippen LogP contribution >= 0.6 is 0 Å². The molecule has 4 heterocycles. The largest absolute Gasteiger partial charge is 0.309 e. The van der Waals surface area contributed by atoms with Gasteiger partial charge in [-0.1, -0.05) is 146 Å². The summed E-state index contributed by atoms with van der Waals surface area (Å²) in [6.45, 7) is 0. The Kier molecular flexibility index (Phi) is 6.83. The molecule has 0 aliphatic rings. The van der Waals surface area contributed by atoms with Crippen LogP contribution in [0, 0.1) is 0 Å². The first kappa shape index (κ1) is 31.5. The van der Waals surface area contributed by atoms with Crippen molar-refractivity contribution < 1.29 is 0 Å². The summed E-state index contributed by atoms with van der Waals surface area (Å²) in [5.41, 5.74) is 10.5. The third-order valence-corrected chi connectivity index (χ3v) is 11.3. The van der Waals surface area contributed by atoms with Gasteiger partial charge in [-0.2, -0.15) is 15.0 Å². The molecule has 0 atom stereocenters. The quantitative estimate of drug-likeness (QED) is 0.177. The molecular weight excluding hydrogens is 697 g/mol. The summed E-state index contributed by atoms with van der Waals surface area (Å²) in [7, 11) is 0. The molecule has 0 spiro atoms. The monoisotopic (exact) mass is 728 g/mol. The van der Waals surface area contributed by atoms with Crippen molar-refractivity contribution in [1.82, 2.24) is 28.7 Å². The molecule has 0 fully saturated rings. The highest BCUT2D eigenvalue weighted by atomic mass is 15.3. The van der Waals surface area contributed by atoms with Crippen LogP contribution in [0.1, 0.15) is 0 Å². The molecule has 266 valence electrons. The van der Waals surface area contributed by atoms with E-state index in [1.54, 1.807) is 0 Å². The van der Waals surface area contributed by atoms with Crippen molar-refractivity contribution in [1.29, 1.82) is 0 Å². The molecule has 0 unspecified atom stereocenters. The Labute approximate surface area is 327 Å². The van der Waals surface area contributed by atoms with E-state index in [0.717, 1.165) is 77.0 Å². The zero-order valence-corrected chi connectivity index (χ0v) is 30.7. The van der Waals surface area contributed by atoms with Gasteiger partial charge in [0.25, 0.3) is 0 Å². The summed E-state index contributed by atoms with van der Waals surface area (Å²) in [5, 5.41) is 6.96. The van der Waals surface area contributed by atoms with Gasteiger partial charge in [-0.25, -0.2) is 0 Å². The van der Waals surface area contributed by atoms with E-state index in [1.165, 1.54) is 10.8 Å². The number of fused-ring (bicyclic) bond motifs is 9. The lowest BCUT2D eigenvalue weighted by atomic mass is 10.0. The second kappa shape index (κ2) is 12.3. The Balaban J connectivity index is 1.20. The number of benzene rings is 8. The third kappa shape index (κ3) is 4.74. The molecule has 0 bridgehead atoms. The third-order valence-electron chi connectivity index (χ3n) is 11.3. The summed E-state index contributed by atoms with van der Waals surface area (Å²) in [4.78, 5) is 16.3. The first-order chi connectivity index (χ1) is 28.3. The number of para-hydroxylation sites is 6. The van der Waals surface area contributed by atoms with Crippen LogP contribution in [0.3, 0.4) is 0 Å². The van der Waals surface area contributed by atoms with Crippen LogP contribution in [0.25, 0.3) is 106 Å². The van der Waals surface area contributed by atoms with Crippen molar-refractivity contribution >= 4 is 65.4 Å². The fourth-order valence-electron chi connectivity index (χ4n) is 8.85. The molecule has 8 aromatic carbocycles. The molecular formula is C51H32N6. The van der Waals surface area contributed by atoms with Crippen LogP contribution in [0.5, 0.6) is 0 Å². The molecule has 0 amide bonds. The Morgan fingerprint density at radius 2 is 0.684 bits per heavy atom. The number of nitrogens with zero attached hydrogens (tertiary/aromatic N) is 6. The molecule has 0 aliphatic heterocycles. The van der Waals surface area contributed by atoms with Crippen molar-refractivity contribution in [3.63, 3.8) is 0 Å². The predicted molar refractivity (Wildman–Crippen MR) is 234 cm³/mol. The number of hydrogen-bond donors (Lipinski definition) is 0. The standard InChI is InChI=1S/C51H32N6/c1-2-16-33(17-3-1)34-30-31-40-39-22-8-14-28-46(39)57(48(40)32-34)51-53-49(52-50(54-51)56-44-26-12-6-20-37(44)38-21-7-13-27-45(38)56)41-23-9-15-29-47(41)55-42-24-10-4-18-35(42)36-19-5-11-25-43(36)55/h1-32H. The van der Waals surface area contributed by atoms with E-state index in [0.29, 0.717) is 17.7 Å². The van der Waals surface area contributed by atoms with Gasteiger partial charge in [-0.15, -0.1) is 0 Å². The molecule has 0 N–H and O–H groups in total. The van der Waals surface area contributed by atoms with Gasteiger partial charge < -0.3 is 4.57 Å². The van der Waals surface area contributed by atoms with Gasteiger partial charge in [0, 0.05) is 37.9 Å². The zero-order valence-electron chi connectivity index (χ0n) is 30.7. The van der Waals surface area contributed by atoms with Gasteiger partial charge >= 0.3 is 0 Å². The first-order valence-electron chi connectivity index (χ1n) is 19.2.